The van der Waals surface area contributed by atoms with E-state index in [0.717, 1.165) is 11.5 Å². The van der Waals surface area contributed by atoms with Gasteiger partial charge in [-0.1, -0.05) is 12.0 Å². The minimum absolute atomic E-state index is 0.257. The van der Waals surface area contributed by atoms with Crippen molar-refractivity contribution in [3.63, 3.8) is 0 Å². The minimum Gasteiger partial charge on any atom is -0.407 e. The molecule has 14 heavy (non-hydrogen) atoms. The average molecular weight is 236 g/mol. The lowest BCUT2D eigenvalue weighted by Crippen LogP contribution is -2.18. The Morgan fingerprint density at radius 2 is 2.36 bits per heavy atom. The maximum Gasteiger partial charge on any atom is 0.315 e. The first-order valence-electron chi connectivity index (χ1n) is 4.49. The number of nitrogens with zero attached hydrogens (tertiary/aromatic N) is 2. The van der Waals surface area contributed by atoms with Crippen molar-refractivity contribution >= 4 is 29.4 Å². The first-order valence-corrected chi connectivity index (χ1v) is 6.17. The van der Waals surface area contributed by atoms with Gasteiger partial charge in [-0.05, 0) is 12.7 Å². The van der Waals surface area contributed by atoms with Gasteiger partial charge >= 0.3 is 6.01 Å². The summed E-state index contributed by atoms with van der Waals surface area (Å²) in [6.45, 7) is 4.21. The molecule has 1 aromatic rings. The summed E-state index contributed by atoms with van der Waals surface area (Å²) in [7, 11) is 0. The van der Waals surface area contributed by atoms with Crippen molar-refractivity contribution in [1.29, 1.82) is 0 Å². The molecule has 1 atom stereocenters. The predicted octanol–water partition coefficient (Wildman–Crippen LogP) is 2.36. The maximum absolute atomic E-state index is 5.53. The Bertz CT molecular complexity index is 269. The van der Waals surface area contributed by atoms with Gasteiger partial charge < -0.3 is 9.73 Å². The molecule has 0 aliphatic carbocycles. The lowest BCUT2D eigenvalue weighted by molar-refractivity contribution is 0.522. The summed E-state index contributed by atoms with van der Waals surface area (Å²) < 4.78 is 5.21. The zero-order chi connectivity index (χ0) is 10.4. The second-order valence-electron chi connectivity index (χ2n) is 2.84. The molecule has 1 unspecified atom stereocenters. The standard InChI is InChI=1S/C8H14ClN3OS/c1-3-14-5-6(2)10-8-12-11-7(4-9)13-8/h6H,3-5H2,1-2H3,(H,10,12). The van der Waals surface area contributed by atoms with Crippen LogP contribution < -0.4 is 5.32 Å². The number of alkyl halides is 1. The minimum atomic E-state index is 0.257. The lowest BCUT2D eigenvalue weighted by atomic mass is 10.4. The number of hydrogen-bond donors (Lipinski definition) is 1. The SMILES string of the molecule is CCSCC(C)Nc1nnc(CCl)o1. The molecule has 1 aromatic heterocycles. The van der Waals surface area contributed by atoms with Gasteiger partial charge in [0.05, 0.1) is 0 Å². The van der Waals surface area contributed by atoms with Crippen LogP contribution in [0.25, 0.3) is 0 Å². The van der Waals surface area contributed by atoms with Gasteiger partial charge in [0, 0.05) is 11.8 Å². The largest absolute Gasteiger partial charge is 0.407 e. The van der Waals surface area contributed by atoms with Crippen molar-refractivity contribution < 1.29 is 4.42 Å². The Kier molecular flexibility index (Phi) is 5.11. The van der Waals surface area contributed by atoms with E-state index < -0.39 is 0 Å². The number of thioether (sulfide) groups is 1. The smallest absolute Gasteiger partial charge is 0.315 e. The molecule has 1 heterocycles. The van der Waals surface area contributed by atoms with Crippen LogP contribution >= 0.6 is 23.4 Å². The number of rotatable bonds is 6. The Balaban J connectivity index is 2.35. The second-order valence-corrected chi connectivity index (χ2v) is 4.43. The average Bonchev–Trinajstić information content (AvgIpc) is 2.62. The molecule has 0 saturated carbocycles. The summed E-state index contributed by atoms with van der Waals surface area (Å²) in [6, 6.07) is 0.772. The van der Waals surface area contributed by atoms with E-state index in [-0.39, 0.29) is 5.88 Å². The summed E-state index contributed by atoms with van der Waals surface area (Å²) in [5, 5.41) is 10.7. The summed E-state index contributed by atoms with van der Waals surface area (Å²) in [4.78, 5) is 0. The van der Waals surface area contributed by atoms with E-state index in [2.05, 4.69) is 29.4 Å². The number of halogens is 1. The van der Waals surface area contributed by atoms with Crippen LogP contribution in [0.3, 0.4) is 0 Å². The molecule has 0 saturated heterocycles. The van der Waals surface area contributed by atoms with Gasteiger partial charge in [-0.2, -0.15) is 11.8 Å². The van der Waals surface area contributed by atoms with Crippen LogP contribution in [-0.2, 0) is 5.88 Å². The van der Waals surface area contributed by atoms with Crippen LogP contribution in [0, 0.1) is 0 Å². The zero-order valence-electron chi connectivity index (χ0n) is 8.29. The third-order valence-electron chi connectivity index (χ3n) is 1.52. The van der Waals surface area contributed by atoms with Crippen molar-refractivity contribution in [2.45, 2.75) is 25.8 Å². The lowest BCUT2D eigenvalue weighted by Gasteiger charge is -2.09. The van der Waals surface area contributed by atoms with Crippen LogP contribution in [0.5, 0.6) is 0 Å². The topological polar surface area (TPSA) is 51.0 Å². The summed E-state index contributed by atoms with van der Waals surface area (Å²) in [5.41, 5.74) is 0. The molecule has 0 aliphatic rings. The Labute approximate surface area is 92.8 Å². The molecule has 6 heteroatoms. The van der Waals surface area contributed by atoms with Crippen LogP contribution in [0.1, 0.15) is 19.7 Å². The summed E-state index contributed by atoms with van der Waals surface area (Å²) in [5.74, 6) is 2.84. The molecule has 80 valence electrons. The van der Waals surface area contributed by atoms with Crippen molar-refractivity contribution in [1.82, 2.24) is 10.2 Å². The summed E-state index contributed by atoms with van der Waals surface area (Å²) in [6.07, 6.45) is 0. The Morgan fingerprint density at radius 1 is 1.57 bits per heavy atom. The predicted molar refractivity (Wildman–Crippen MR) is 59.9 cm³/mol. The Hall–Kier alpha value is -0.420. The van der Waals surface area contributed by atoms with E-state index in [1.807, 2.05) is 11.8 Å². The van der Waals surface area contributed by atoms with Gasteiger partial charge in [-0.25, -0.2) is 0 Å². The highest BCUT2D eigenvalue weighted by molar-refractivity contribution is 7.99. The maximum atomic E-state index is 5.53. The molecule has 0 aromatic carbocycles. The van der Waals surface area contributed by atoms with Crippen LogP contribution in [0.4, 0.5) is 6.01 Å². The van der Waals surface area contributed by atoms with Gasteiger partial charge in [0.2, 0.25) is 5.89 Å². The molecule has 0 aliphatic heterocycles. The Morgan fingerprint density at radius 3 is 2.93 bits per heavy atom. The molecule has 1 rings (SSSR count). The third kappa shape index (κ3) is 3.75. The van der Waals surface area contributed by atoms with E-state index in [9.17, 15) is 0 Å². The quantitative estimate of drug-likeness (QED) is 0.768. The zero-order valence-corrected chi connectivity index (χ0v) is 9.86. The molecule has 1 N–H and O–H groups in total. The molecule has 0 bridgehead atoms. The van der Waals surface area contributed by atoms with Crippen molar-refractivity contribution in [3.05, 3.63) is 5.89 Å². The van der Waals surface area contributed by atoms with Crippen LogP contribution in [0.2, 0.25) is 0 Å². The van der Waals surface area contributed by atoms with Crippen molar-refractivity contribution in [3.8, 4) is 0 Å². The fourth-order valence-electron chi connectivity index (χ4n) is 0.913. The van der Waals surface area contributed by atoms with E-state index in [1.54, 1.807) is 0 Å². The van der Waals surface area contributed by atoms with Crippen LogP contribution in [-0.4, -0.2) is 27.7 Å². The van der Waals surface area contributed by atoms with Gasteiger partial charge in [-0.3, -0.25) is 0 Å². The van der Waals surface area contributed by atoms with Crippen LogP contribution in [0.15, 0.2) is 4.42 Å². The first kappa shape index (κ1) is 11.7. The van der Waals surface area contributed by atoms with Gasteiger partial charge in [0.25, 0.3) is 0 Å². The molecule has 4 nitrogen and oxygen atoms in total. The number of anilines is 1. The van der Waals surface area contributed by atoms with E-state index in [0.29, 0.717) is 17.9 Å². The monoisotopic (exact) mass is 235 g/mol. The fraction of sp³-hybridized carbons (Fsp3) is 0.750. The molecule has 0 spiro atoms. The van der Waals surface area contributed by atoms with Gasteiger partial charge in [0.1, 0.15) is 5.88 Å². The van der Waals surface area contributed by atoms with E-state index in [1.165, 1.54) is 0 Å². The van der Waals surface area contributed by atoms with Crippen molar-refractivity contribution in [2.75, 3.05) is 16.8 Å². The first-order chi connectivity index (χ1) is 6.76. The molecule has 0 radical (unpaired) electrons. The van der Waals surface area contributed by atoms with Gasteiger partial charge in [-0.15, -0.1) is 16.7 Å². The van der Waals surface area contributed by atoms with Crippen molar-refractivity contribution in [2.24, 2.45) is 0 Å². The van der Waals surface area contributed by atoms with E-state index in [4.69, 9.17) is 16.0 Å². The normalized spacial score (nSPS) is 12.8. The fourth-order valence-corrected chi connectivity index (χ4v) is 1.69. The molecular formula is C8H14ClN3OS. The number of nitrogens with one attached hydrogen (secondary N) is 1. The third-order valence-corrected chi connectivity index (χ3v) is 2.90. The number of hydrogen-bond acceptors (Lipinski definition) is 5. The molecular weight excluding hydrogens is 222 g/mol. The number of aromatic nitrogens is 2. The molecule has 0 fully saturated rings. The highest BCUT2D eigenvalue weighted by Crippen LogP contribution is 2.10. The summed E-state index contributed by atoms with van der Waals surface area (Å²) >= 11 is 7.40. The second kappa shape index (κ2) is 6.14. The van der Waals surface area contributed by atoms with Gasteiger partial charge in [0.15, 0.2) is 0 Å². The highest BCUT2D eigenvalue weighted by atomic mass is 35.5. The van der Waals surface area contributed by atoms with E-state index >= 15 is 0 Å². The highest BCUT2D eigenvalue weighted by Gasteiger charge is 2.07. The molecule has 0 amide bonds.